The van der Waals surface area contributed by atoms with Crippen LogP contribution in [0.25, 0.3) is 0 Å². The van der Waals surface area contributed by atoms with Crippen LogP contribution in [-0.2, 0) is 5.60 Å². The molecule has 1 fully saturated rings. The number of aliphatic hydroxyl groups is 1. The summed E-state index contributed by atoms with van der Waals surface area (Å²) in [5.41, 5.74) is -2.32. The van der Waals surface area contributed by atoms with Crippen molar-refractivity contribution in [1.82, 2.24) is 4.90 Å². The quantitative estimate of drug-likeness (QED) is 0.854. The van der Waals surface area contributed by atoms with Crippen molar-refractivity contribution in [3.63, 3.8) is 0 Å². The first-order valence-corrected chi connectivity index (χ1v) is 5.80. The molecule has 0 amide bonds. The van der Waals surface area contributed by atoms with E-state index < -0.39 is 38.4 Å². The molecule has 0 aromatic heterocycles. The number of aromatic hydroxyl groups is 1. The molecular formula is C15H23NO2. The highest BCUT2D eigenvalue weighted by atomic mass is 16.3. The minimum Gasteiger partial charge on any atom is -0.508 e. The first-order chi connectivity index (χ1) is 13.1. The molecule has 2 N–H and O–H groups in total. The summed E-state index contributed by atoms with van der Waals surface area (Å²) in [7, 11) is 0. The monoisotopic (exact) mass is 260 g/mol. The van der Waals surface area contributed by atoms with E-state index in [0.717, 1.165) is 0 Å². The van der Waals surface area contributed by atoms with Crippen LogP contribution >= 0.6 is 0 Å². The summed E-state index contributed by atoms with van der Waals surface area (Å²) in [6.45, 7) is -7.04. The first kappa shape index (κ1) is 5.14. The molecule has 0 aliphatic heterocycles. The minimum absolute atomic E-state index is 0.00569. The van der Waals surface area contributed by atoms with Gasteiger partial charge in [0, 0.05) is 24.8 Å². The van der Waals surface area contributed by atoms with Crippen LogP contribution in [0.2, 0.25) is 0 Å². The van der Waals surface area contributed by atoms with E-state index in [0.29, 0.717) is 0 Å². The lowest BCUT2D eigenvalue weighted by atomic mass is 9.71. The van der Waals surface area contributed by atoms with Crippen LogP contribution in [0, 0.1) is 5.89 Å². The van der Waals surface area contributed by atoms with Gasteiger partial charge in [-0.3, -0.25) is 0 Å². The van der Waals surface area contributed by atoms with Crippen LogP contribution in [0.5, 0.6) is 5.75 Å². The van der Waals surface area contributed by atoms with E-state index in [-0.39, 0.29) is 35.5 Å². The number of benzene rings is 1. The van der Waals surface area contributed by atoms with Gasteiger partial charge in [0.05, 0.1) is 5.60 Å². The second kappa shape index (κ2) is 5.29. The molecule has 1 aromatic rings. The van der Waals surface area contributed by atoms with E-state index >= 15 is 0 Å². The van der Waals surface area contributed by atoms with Crippen LogP contribution in [0.1, 0.15) is 43.5 Å². The topological polar surface area (TPSA) is 43.7 Å². The lowest BCUT2D eigenvalue weighted by Gasteiger charge is -2.41. The largest absolute Gasteiger partial charge is 0.508 e. The fourth-order valence-electron chi connectivity index (χ4n) is 2.27. The predicted molar refractivity (Wildman–Crippen MR) is 72.5 cm³/mol. The summed E-state index contributed by atoms with van der Waals surface area (Å²) in [5, 5.41) is 9.32. The third kappa shape index (κ3) is 2.68. The lowest BCUT2D eigenvalue weighted by Crippen LogP contribution is -2.43. The maximum absolute atomic E-state index is 9.02. The molecule has 0 saturated heterocycles. The van der Waals surface area contributed by atoms with E-state index in [1.165, 1.54) is 24.3 Å². The summed E-state index contributed by atoms with van der Waals surface area (Å²) in [5.74, 6) is -2.13. The third-order valence-corrected chi connectivity index (χ3v) is 3.12. The van der Waals surface area contributed by atoms with Crippen LogP contribution in [0.15, 0.2) is 24.3 Å². The van der Waals surface area contributed by atoms with Gasteiger partial charge in [-0.15, -0.1) is 0 Å². The second-order valence-corrected chi connectivity index (χ2v) is 4.43. The number of rotatable bonds is 5. The second-order valence-electron chi connectivity index (χ2n) is 4.43. The van der Waals surface area contributed by atoms with Gasteiger partial charge in [0.1, 0.15) is 5.75 Å². The van der Waals surface area contributed by atoms with E-state index in [1.807, 2.05) is 0 Å². The summed E-state index contributed by atoms with van der Waals surface area (Å²) >= 11 is 0. The molecule has 0 radical (unpaired) electrons. The maximum atomic E-state index is 9.02. The Morgan fingerprint density at radius 3 is 3.33 bits per heavy atom. The smallest absolute Gasteiger partial charge is 0.293 e. The number of hydrogen-bond donors (Lipinski definition) is 2. The molecule has 1 saturated carbocycles. The molecule has 0 spiro atoms. The average Bonchev–Trinajstić information content (AvgIpc) is 2.58. The highest BCUT2D eigenvalue weighted by molar-refractivity contribution is 5.32. The Hall–Kier alpha value is -1.06. The molecule has 3 nitrogen and oxygen atoms in total. The number of hydrogen-bond acceptors (Lipinski definition) is 3. The molecule has 0 heterocycles. The third-order valence-electron chi connectivity index (χ3n) is 3.12. The van der Waals surface area contributed by atoms with Gasteiger partial charge in [0.25, 0.3) is 1.43 Å². The van der Waals surface area contributed by atoms with Crippen LogP contribution < -0.4 is 0 Å². The molecule has 1 aliphatic rings. The Bertz CT molecular complexity index is 709. The maximum Gasteiger partial charge on any atom is 0.293 e. The van der Waals surface area contributed by atoms with Crippen molar-refractivity contribution in [2.45, 2.75) is 31.2 Å². The Labute approximate surface area is 125 Å². The molecule has 2 rings (SSSR count). The normalized spacial score (nSPS) is 45.5. The fraction of sp³-hybridized carbons (Fsp3) is 0.600. The van der Waals surface area contributed by atoms with Crippen molar-refractivity contribution >= 4 is 0 Å². The molecular weight excluding hydrogens is 226 g/mol. The predicted octanol–water partition coefficient (Wildman–Crippen LogP) is 2.33. The summed E-state index contributed by atoms with van der Waals surface area (Å²) in [6, 6.07) is 5.47. The Kier molecular flexibility index (Phi) is 1.51. The van der Waals surface area contributed by atoms with Gasteiger partial charge in [-0.2, -0.15) is 0 Å². The zero-order valence-electron chi connectivity index (χ0n) is 20.9. The molecule has 0 bridgehead atoms. The summed E-state index contributed by atoms with van der Waals surface area (Å²) in [6.07, 6.45) is -2.31. The standard InChI is InChI=1S/C15H23NO2/c1-16(2)11-13-6-3-4-9-15(13,18)12-7-5-8-14(17)10-12/h5,7-8,10,13,17-18H,3-4,6,9,11H2,1-2H3/t13-,15+/m0/s1/i1D3,2D3,9D2,13D,18D/hD. The van der Waals surface area contributed by atoms with Gasteiger partial charge in [-0.1, -0.05) is 25.0 Å². The van der Waals surface area contributed by atoms with Crippen molar-refractivity contribution < 1.29 is 22.6 Å². The molecule has 3 heteroatoms. The highest BCUT2D eigenvalue weighted by Crippen LogP contribution is 2.42. The van der Waals surface area contributed by atoms with Crippen molar-refractivity contribution in [3.8, 4) is 5.75 Å². The number of phenolic OH excluding ortho intramolecular Hbond substituents is 1. The summed E-state index contributed by atoms with van der Waals surface area (Å²) < 4.78 is 86.4. The van der Waals surface area contributed by atoms with Crippen LogP contribution in [0.3, 0.4) is 0 Å². The number of phenols is 1. The van der Waals surface area contributed by atoms with Crippen LogP contribution in [0.4, 0.5) is 0 Å². The van der Waals surface area contributed by atoms with Gasteiger partial charge in [-0.05, 0) is 44.4 Å². The van der Waals surface area contributed by atoms with Crippen LogP contribution in [-0.4, -0.2) is 38.5 Å². The zero-order chi connectivity index (χ0) is 22.3. The van der Waals surface area contributed by atoms with Crippen molar-refractivity contribution in [2.24, 2.45) is 5.89 Å². The van der Waals surface area contributed by atoms with E-state index in [1.54, 1.807) is 0 Å². The van der Waals surface area contributed by atoms with Crippen molar-refractivity contribution in [2.75, 3.05) is 20.5 Å². The van der Waals surface area contributed by atoms with Crippen molar-refractivity contribution in [3.05, 3.63) is 29.8 Å². The molecule has 2 atom stereocenters. The van der Waals surface area contributed by atoms with E-state index in [4.69, 9.17) is 20.3 Å². The highest BCUT2D eigenvalue weighted by Gasteiger charge is 2.40. The summed E-state index contributed by atoms with van der Waals surface area (Å²) in [4.78, 5) is 0.188. The van der Waals surface area contributed by atoms with Gasteiger partial charge < -0.3 is 15.1 Å². The lowest BCUT2D eigenvalue weighted by molar-refractivity contribution is -0.0619. The average molecular weight is 260 g/mol. The molecule has 1 aliphatic carbocycles. The Balaban J connectivity index is 2.71. The van der Waals surface area contributed by atoms with Gasteiger partial charge in [0.15, 0.2) is 0 Å². The van der Waals surface area contributed by atoms with E-state index in [9.17, 15) is 0 Å². The van der Waals surface area contributed by atoms with Gasteiger partial charge >= 0.3 is 0 Å². The van der Waals surface area contributed by atoms with Gasteiger partial charge in [-0.25, -0.2) is 0 Å². The SMILES string of the molecule is [2H]Oc1cccc([C@]2(O[2H])C([2H])([2H])CCC[C@@]2([2H])CN(C([2H])([2H])[2H])C([2H])([2H])[2H])c1. The Morgan fingerprint density at radius 2 is 2.56 bits per heavy atom. The molecule has 1 aromatic carbocycles. The minimum atomic E-state index is -3.08. The molecule has 18 heavy (non-hydrogen) atoms. The van der Waals surface area contributed by atoms with Crippen molar-refractivity contribution in [1.29, 1.82) is 2.86 Å². The molecule has 0 unspecified atom stereocenters. The Morgan fingerprint density at radius 1 is 1.61 bits per heavy atom. The zero-order valence-corrected chi connectivity index (χ0v) is 9.90. The molecule has 100 valence electrons. The fourth-order valence-corrected chi connectivity index (χ4v) is 2.27. The van der Waals surface area contributed by atoms with E-state index in [2.05, 4.69) is 5.11 Å². The van der Waals surface area contributed by atoms with Gasteiger partial charge in [0.2, 0.25) is 1.43 Å². The number of nitrogens with zero attached hydrogens (tertiary/aromatic N) is 1. The first-order valence-electron chi connectivity index (χ1n) is 11.1.